The van der Waals surface area contributed by atoms with Crippen LogP contribution >= 0.6 is 0 Å². The highest BCUT2D eigenvalue weighted by Gasteiger charge is 1.95. The molecule has 0 saturated carbocycles. The largest absolute Gasteiger partial charge is 0.481 e. The lowest BCUT2D eigenvalue weighted by atomic mass is 10.1. The topological polar surface area (TPSA) is 57.5 Å². The third-order valence-electron chi connectivity index (χ3n) is 3.10. The summed E-state index contributed by atoms with van der Waals surface area (Å²) in [5.74, 6) is -0.693. The van der Waals surface area contributed by atoms with Gasteiger partial charge >= 0.3 is 5.97 Å². The third-order valence-corrected chi connectivity index (χ3v) is 3.10. The standard InChI is InChI=1S/C18H30O3/c1-2-3-14-17(19)15-12-10-8-6-4-5-7-9-11-13-16-18(20)21/h3,6,8,12,14-15,17,19H,2,4-5,7,9-11,13,16H2,1H3,(H,20,21)/b8-6-,14-3-,15-12-/t17-/m1/s1/i18+2. The van der Waals surface area contributed by atoms with Crippen molar-refractivity contribution in [1.29, 1.82) is 0 Å². The summed E-state index contributed by atoms with van der Waals surface area (Å²) < 4.78 is 0. The minimum atomic E-state index is -0.693. The number of carboxylic acid groups (broad SMARTS) is 1. The molecule has 0 bridgehead atoms. The van der Waals surface area contributed by atoms with Crippen LogP contribution in [0.15, 0.2) is 36.5 Å². The molecule has 0 aliphatic rings. The third kappa shape index (κ3) is 16.6. The minimum Gasteiger partial charge on any atom is -0.481 e. The average Bonchev–Trinajstić information content (AvgIpc) is 2.45. The molecule has 120 valence electrons. The van der Waals surface area contributed by atoms with E-state index in [4.69, 9.17) is 5.11 Å². The van der Waals surface area contributed by atoms with Crippen molar-refractivity contribution < 1.29 is 15.0 Å². The number of aliphatic hydroxyl groups excluding tert-OH is 1. The van der Waals surface area contributed by atoms with Gasteiger partial charge in [-0.15, -0.1) is 0 Å². The lowest BCUT2D eigenvalue weighted by molar-refractivity contribution is -0.137. The van der Waals surface area contributed by atoms with Crippen LogP contribution in [0.25, 0.3) is 0 Å². The Kier molecular flexibility index (Phi) is 14.1. The molecule has 0 rings (SSSR count). The Labute approximate surface area is 129 Å². The Hall–Kier alpha value is -1.35. The van der Waals surface area contributed by atoms with Gasteiger partial charge in [0.1, 0.15) is 0 Å². The first kappa shape index (κ1) is 19.7. The summed E-state index contributed by atoms with van der Waals surface area (Å²) in [6.45, 7) is 2.04. The number of hydrogen-bond donors (Lipinski definition) is 2. The fourth-order valence-electron chi connectivity index (χ4n) is 1.92. The molecule has 0 aromatic carbocycles. The Balaban J connectivity index is 3.38. The molecule has 3 heteroatoms. The van der Waals surface area contributed by atoms with Crippen molar-refractivity contribution in [3.8, 4) is 0 Å². The molecule has 0 fully saturated rings. The van der Waals surface area contributed by atoms with Crippen LogP contribution in [-0.4, -0.2) is 22.3 Å². The minimum absolute atomic E-state index is 0.297. The highest BCUT2D eigenvalue weighted by Crippen LogP contribution is 2.07. The fourth-order valence-corrected chi connectivity index (χ4v) is 1.92. The van der Waals surface area contributed by atoms with Crippen LogP contribution in [-0.2, 0) is 4.79 Å². The predicted octanol–water partition coefficient (Wildman–Crippen LogP) is 4.63. The molecule has 0 amide bonds. The Morgan fingerprint density at radius 2 is 1.62 bits per heavy atom. The van der Waals surface area contributed by atoms with E-state index in [2.05, 4.69) is 12.2 Å². The summed E-state index contributed by atoms with van der Waals surface area (Å²) >= 11 is 0. The molecule has 3 nitrogen and oxygen atoms in total. The second kappa shape index (κ2) is 15.0. The van der Waals surface area contributed by atoms with Crippen molar-refractivity contribution >= 4 is 5.97 Å². The molecule has 0 heterocycles. The van der Waals surface area contributed by atoms with Crippen LogP contribution in [0.4, 0.5) is 0 Å². The molecule has 0 aromatic heterocycles. The van der Waals surface area contributed by atoms with E-state index in [-0.39, 0.29) is 0 Å². The van der Waals surface area contributed by atoms with Gasteiger partial charge in [-0.2, -0.15) is 0 Å². The molecule has 0 aliphatic carbocycles. The molecule has 0 saturated heterocycles. The molecular formula is C18H30O3. The molecule has 1 atom stereocenters. The van der Waals surface area contributed by atoms with E-state index < -0.39 is 12.1 Å². The van der Waals surface area contributed by atoms with Crippen LogP contribution in [0, 0.1) is 0 Å². The van der Waals surface area contributed by atoms with Crippen molar-refractivity contribution in [2.45, 2.75) is 70.8 Å². The molecule has 21 heavy (non-hydrogen) atoms. The van der Waals surface area contributed by atoms with Crippen LogP contribution in [0.1, 0.15) is 64.7 Å². The van der Waals surface area contributed by atoms with E-state index in [1.807, 2.05) is 19.1 Å². The molecule has 0 unspecified atom stereocenters. The van der Waals surface area contributed by atoms with Gasteiger partial charge in [0.2, 0.25) is 0 Å². The summed E-state index contributed by atoms with van der Waals surface area (Å²) in [6, 6.07) is 0. The van der Waals surface area contributed by atoms with Crippen LogP contribution < -0.4 is 0 Å². The zero-order valence-electron chi connectivity index (χ0n) is 13.2. The maximum Gasteiger partial charge on any atom is 0.303 e. The number of rotatable bonds is 13. The lowest BCUT2D eigenvalue weighted by Crippen LogP contribution is -1.95. The number of aliphatic carboxylic acids is 1. The summed E-state index contributed by atoms with van der Waals surface area (Å²) in [5.41, 5.74) is 0. The van der Waals surface area contributed by atoms with E-state index in [9.17, 15) is 9.90 Å². The van der Waals surface area contributed by atoms with E-state index in [0.717, 1.165) is 44.9 Å². The van der Waals surface area contributed by atoms with Gasteiger partial charge in [0.25, 0.3) is 0 Å². The van der Waals surface area contributed by atoms with Gasteiger partial charge in [-0.1, -0.05) is 62.6 Å². The SMILES string of the molecule is CC/C=C\[C@@H](O)/C=C\C/C=C\CCCCCCC[14C](=O)O. The van der Waals surface area contributed by atoms with Crippen molar-refractivity contribution in [2.24, 2.45) is 0 Å². The first-order valence-electron chi connectivity index (χ1n) is 8.05. The Morgan fingerprint density at radius 1 is 0.952 bits per heavy atom. The predicted molar refractivity (Wildman–Crippen MR) is 88.3 cm³/mol. The highest BCUT2D eigenvalue weighted by molar-refractivity contribution is 5.66. The fraction of sp³-hybridized carbons (Fsp3) is 0.611. The number of carbonyl (C=O) groups is 1. The van der Waals surface area contributed by atoms with Gasteiger partial charge in [-0.3, -0.25) is 4.79 Å². The molecule has 0 aromatic rings. The van der Waals surface area contributed by atoms with E-state index in [1.54, 1.807) is 12.2 Å². The molecule has 2 N–H and O–H groups in total. The van der Waals surface area contributed by atoms with Crippen molar-refractivity contribution in [3.05, 3.63) is 36.5 Å². The second-order valence-electron chi connectivity index (χ2n) is 5.16. The summed E-state index contributed by atoms with van der Waals surface area (Å²) in [4.78, 5) is 10.3. The lowest BCUT2D eigenvalue weighted by Gasteiger charge is -1.98. The van der Waals surface area contributed by atoms with E-state index >= 15 is 0 Å². The number of unbranched alkanes of at least 4 members (excludes halogenated alkanes) is 5. The maximum atomic E-state index is 10.3. The monoisotopic (exact) mass is 296 g/mol. The van der Waals surface area contributed by atoms with Crippen LogP contribution in [0.5, 0.6) is 0 Å². The molecule has 0 aliphatic heterocycles. The second-order valence-corrected chi connectivity index (χ2v) is 5.16. The van der Waals surface area contributed by atoms with Gasteiger partial charge < -0.3 is 10.2 Å². The van der Waals surface area contributed by atoms with Crippen molar-refractivity contribution in [2.75, 3.05) is 0 Å². The molecular weight excluding hydrogens is 266 g/mol. The first-order chi connectivity index (χ1) is 10.2. The smallest absolute Gasteiger partial charge is 0.303 e. The number of aliphatic hydroxyl groups is 1. The van der Waals surface area contributed by atoms with Crippen molar-refractivity contribution in [3.63, 3.8) is 0 Å². The number of carboxylic acids is 1. The number of allylic oxidation sites excluding steroid dienone is 4. The van der Waals surface area contributed by atoms with Gasteiger partial charge in [0, 0.05) is 6.42 Å². The summed E-state index contributed by atoms with van der Waals surface area (Å²) in [5, 5.41) is 18.0. The van der Waals surface area contributed by atoms with Gasteiger partial charge in [-0.25, -0.2) is 0 Å². The van der Waals surface area contributed by atoms with Gasteiger partial charge in [-0.05, 0) is 32.1 Å². The summed E-state index contributed by atoms with van der Waals surface area (Å²) in [6.07, 6.45) is 19.8. The molecule has 0 spiro atoms. The average molecular weight is 296 g/mol. The zero-order valence-corrected chi connectivity index (χ0v) is 13.2. The van der Waals surface area contributed by atoms with Gasteiger partial charge in [0.05, 0.1) is 6.10 Å². The number of hydrogen-bond acceptors (Lipinski definition) is 2. The Bertz CT molecular complexity index is 329. The van der Waals surface area contributed by atoms with E-state index in [0.29, 0.717) is 6.42 Å². The normalized spacial score (nSPS) is 13.6. The van der Waals surface area contributed by atoms with Crippen LogP contribution in [0.2, 0.25) is 0 Å². The van der Waals surface area contributed by atoms with Crippen LogP contribution in [0.3, 0.4) is 0 Å². The first-order valence-corrected chi connectivity index (χ1v) is 8.05. The quantitative estimate of drug-likeness (QED) is 0.385. The van der Waals surface area contributed by atoms with Crippen molar-refractivity contribution in [1.82, 2.24) is 0 Å². The highest BCUT2D eigenvalue weighted by atomic mass is 16.6. The van der Waals surface area contributed by atoms with Gasteiger partial charge in [0.15, 0.2) is 0 Å². The molecule has 0 radical (unpaired) electrons. The zero-order chi connectivity index (χ0) is 15.8. The maximum absolute atomic E-state index is 10.3. The Morgan fingerprint density at radius 3 is 2.33 bits per heavy atom. The summed E-state index contributed by atoms with van der Waals surface area (Å²) in [7, 11) is 0. The van der Waals surface area contributed by atoms with E-state index in [1.165, 1.54) is 6.42 Å².